The fourth-order valence-electron chi connectivity index (χ4n) is 4.11. The molecule has 1 N–H and O–H groups in total. The molecule has 26 heavy (non-hydrogen) atoms. The van der Waals surface area contributed by atoms with Gasteiger partial charge in [0.1, 0.15) is 5.71 Å². The third kappa shape index (κ3) is 2.28. The maximum absolute atomic E-state index is 4.77. The molecule has 1 aromatic heterocycles. The Hall–Kier alpha value is -3.20. The maximum Gasteiger partial charge on any atom is 0.156 e. The molecule has 2 heterocycles. The molecule has 0 saturated heterocycles. The molecule has 3 aromatic rings. The van der Waals surface area contributed by atoms with E-state index in [9.17, 15) is 0 Å². The molecule has 126 valence electrons. The van der Waals surface area contributed by atoms with Gasteiger partial charge in [0.15, 0.2) is 5.82 Å². The predicted octanol–water partition coefficient (Wildman–Crippen LogP) is 4.46. The smallest absolute Gasteiger partial charge is 0.156 e. The van der Waals surface area contributed by atoms with E-state index >= 15 is 0 Å². The lowest BCUT2D eigenvalue weighted by Crippen LogP contribution is -2.29. The number of nitrogens with zero attached hydrogens (tertiary/aromatic N) is 2. The Labute approximate surface area is 152 Å². The first-order chi connectivity index (χ1) is 12.9. The molecule has 0 unspecified atom stereocenters. The van der Waals surface area contributed by atoms with Gasteiger partial charge in [0, 0.05) is 23.4 Å². The number of aliphatic imine (C=N–C) groups is 1. The molecule has 0 fully saturated rings. The van der Waals surface area contributed by atoms with E-state index in [0.29, 0.717) is 0 Å². The van der Waals surface area contributed by atoms with Crippen molar-refractivity contribution in [3.8, 4) is 0 Å². The largest absolute Gasteiger partial charge is 0.343 e. The molecule has 0 saturated carbocycles. The lowest BCUT2D eigenvalue weighted by Gasteiger charge is -2.35. The van der Waals surface area contributed by atoms with Gasteiger partial charge in [0.05, 0.1) is 6.54 Å². The summed E-state index contributed by atoms with van der Waals surface area (Å²) in [4.78, 5) is 12.3. The van der Waals surface area contributed by atoms with Crippen LogP contribution in [0.15, 0.2) is 101 Å². The summed E-state index contributed by atoms with van der Waals surface area (Å²) in [6.07, 6.45) is 9.16. The summed E-state index contributed by atoms with van der Waals surface area (Å²) in [6, 6.07) is 21.6. The second-order valence-corrected chi connectivity index (χ2v) is 6.83. The van der Waals surface area contributed by atoms with Crippen LogP contribution in [0.1, 0.15) is 23.4 Å². The van der Waals surface area contributed by atoms with Crippen molar-refractivity contribution in [3.63, 3.8) is 0 Å². The summed E-state index contributed by atoms with van der Waals surface area (Å²) in [7, 11) is 0. The highest BCUT2D eigenvalue weighted by Crippen LogP contribution is 2.44. The topological polar surface area (TPSA) is 41.0 Å². The molecular formula is C23H19N3. The third-order valence-electron chi connectivity index (χ3n) is 5.39. The minimum atomic E-state index is -0.143. The summed E-state index contributed by atoms with van der Waals surface area (Å²) in [6.45, 7) is 0.747. The van der Waals surface area contributed by atoms with Crippen LogP contribution < -0.4 is 0 Å². The number of aromatic nitrogens is 2. The number of hydrogen-bond acceptors (Lipinski definition) is 2. The number of benzene rings is 2. The van der Waals surface area contributed by atoms with Gasteiger partial charge in [-0.1, -0.05) is 72.8 Å². The average molecular weight is 337 g/mol. The van der Waals surface area contributed by atoms with Gasteiger partial charge in [-0.3, -0.25) is 4.99 Å². The van der Waals surface area contributed by atoms with Crippen LogP contribution in [0.3, 0.4) is 0 Å². The number of allylic oxidation sites excluding steroid dienone is 3. The molecule has 1 aliphatic carbocycles. The van der Waals surface area contributed by atoms with E-state index in [-0.39, 0.29) is 5.41 Å². The number of hydrogen-bond donors (Lipinski definition) is 1. The molecule has 3 nitrogen and oxygen atoms in total. The van der Waals surface area contributed by atoms with Crippen LogP contribution in [0, 0.1) is 0 Å². The summed E-state index contributed by atoms with van der Waals surface area (Å²) in [5.41, 5.74) is 6.08. The van der Waals surface area contributed by atoms with Crippen molar-refractivity contribution in [1.82, 2.24) is 9.97 Å². The normalized spacial score (nSPS) is 17.9. The molecule has 0 bridgehead atoms. The first-order valence-electron chi connectivity index (χ1n) is 8.94. The lowest BCUT2D eigenvalue weighted by atomic mass is 9.67. The highest BCUT2D eigenvalue weighted by molar-refractivity contribution is 6.14. The Morgan fingerprint density at radius 1 is 0.885 bits per heavy atom. The average Bonchev–Trinajstić information content (AvgIpc) is 3.38. The first kappa shape index (κ1) is 15.1. The van der Waals surface area contributed by atoms with E-state index in [4.69, 9.17) is 4.99 Å². The van der Waals surface area contributed by atoms with Crippen LogP contribution in [0.2, 0.25) is 0 Å². The van der Waals surface area contributed by atoms with Gasteiger partial charge in [-0.25, -0.2) is 4.98 Å². The Kier molecular flexibility index (Phi) is 3.45. The number of aromatic amines is 1. The van der Waals surface area contributed by atoms with Crippen molar-refractivity contribution in [2.75, 3.05) is 6.54 Å². The van der Waals surface area contributed by atoms with Gasteiger partial charge in [-0.05, 0) is 23.1 Å². The van der Waals surface area contributed by atoms with E-state index in [1.165, 1.54) is 22.3 Å². The molecule has 0 atom stereocenters. The van der Waals surface area contributed by atoms with Crippen LogP contribution in [0.25, 0.3) is 0 Å². The SMILES string of the molecule is C1=CC(c2ccccc2)(c2ccccc2)CC2=C1C(c1ncc[nH]1)=NC2. The summed E-state index contributed by atoms with van der Waals surface area (Å²) >= 11 is 0. The zero-order chi connectivity index (χ0) is 17.4. The monoisotopic (exact) mass is 337 g/mol. The fourth-order valence-corrected chi connectivity index (χ4v) is 4.11. The number of imidazole rings is 1. The molecule has 0 amide bonds. The molecule has 3 heteroatoms. The Morgan fingerprint density at radius 3 is 2.19 bits per heavy atom. The molecule has 5 rings (SSSR count). The highest BCUT2D eigenvalue weighted by Gasteiger charge is 2.37. The van der Waals surface area contributed by atoms with Crippen LogP contribution in [0.5, 0.6) is 0 Å². The van der Waals surface area contributed by atoms with Gasteiger partial charge >= 0.3 is 0 Å². The molecular weight excluding hydrogens is 318 g/mol. The van der Waals surface area contributed by atoms with Gasteiger partial charge in [0.25, 0.3) is 0 Å². The van der Waals surface area contributed by atoms with Crippen molar-refractivity contribution in [3.05, 3.63) is 113 Å². The van der Waals surface area contributed by atoms with E-state index in [1.807, 2.05) is 6.20 Å². The van der Waals surface area contributed by atoms with E-state index in [0.717, 1.165) is 24.5 Å². The molecule has 1 aliphatic heterocycles. The van der Waals surface area contributed by atoms with E-state index < -0.39 is 0 Å². The van der Waals surface area contributed by atoms with Gasteiger partial charge in [-0.2, -0.15) is 0 Å². The summed E-state index contributed by atoms with van der Waals surface area (Å²) in [5, 5.41) is 0. The molecule has 0 radical (unpaired) electrons. The third-order valence-corrected chi connectivity index (χ3v) is 5.39. The Bertz CT molecular complexity index is 970. The maximum atomic E-state index is 4.77. The summed E-state index contributed by atoms with van der Waals surface area (Å²) < 4.78 is 0. The Balaban J connectivity index is 1.61. The fraction of sp³-hybridized carbons (Fsp3) is 0.130. The van der Waals surface area contributed by atoms with Crippen LogP contribution in [0.4, 0.5) is 0 Å². The number of nitrogens with one attached hydrogen (secondary N) is 1. The lowest BCUT2D eigenvalue weighted by molar-refractivity contribution is 0.620. The van der Waals surface area contributed by atoms with Crippen LogP contribution in [-0.2, 0) is 5.41 Å². The second kappa shape index (κ2) is 5.95. The molecule has 2 aromatic carbocycles. The van der Waals surface area contributed by atoms with Gasteiger partial charge in [0.2, 0.25) is 0 Å². The van der Waals surface area contributed by atoms with E-state index in [1.54, 1.807) is 6.20 Å². The minimum Gasteiger partial charge on any atom is -0.343 e. The van der Waals surface area contributed by atoms with Gasteiger partial charge in [-0.15, -0.1) is 0 Å². The van der Waals surface area contributed by atoms with E-state index in [2.05, 4.69) is 82.8 Å². The number of H-pyrrole nitrogens is 1. The quantitative estimate of drug-likeness (QED) is 0.753. The van der Waals surface area contributed by atoms with Crippen molar-refractivity contribution in [2.45, 2.75) is 11.8 Å². The minimum absolute atomic E-state index is 0.143. The second-order valence-electron chi connectivity index (χ2n) is 6.83. The van der Waals surface area contributed by atoms with Crippen LogP contribution in [-0.4, -0.2) is 22.2 Å². The van der Waals surface area contributed by atoms with Crippen molar-refractivity contribution < 1.29 is 0 Å². The predicted molar refractivity (Wildman–Crippen MR) is 104 cm³/mol. The summed E-state index contributed by atoms with van der Waals surface area (Å²) in [5.74, 6) is 0.853. The first-order valence-corrected chi connectivity index (χ1v) is 8.94. The van der Waals surface area contributed by atoms with Crippen molar-refractivity contribution in [1.29, 1.82) is 0 Å². The Morgan fingerprint density at radius 2 is 1.58 bits per heavy atom. The van der Waals surface area contributed by atoms with Crippen LogP contribution >= 0.6 is 0 Å². The molecule has 0 spiro atoms. The highest BCUT2D eigenvalue weighted by atomic mass is 14.9. The standard InChI is InChI=1S/C23H19N3/c1-3-7-18(8-4-1)23(19-9-5-2-6-10-19)12-11-20-17(15-23)16-26-21(20)22-24-13-14-25-22/h1-14H,15-16H2,(H,24,25). The van der Waals surface area contributed by atoms with Crippen molar-refractivity contribution in [2.24, 2.45) is 4.99 Å². The van der Waals surface area contributed by atoms with Gasteiger partial charge < -0.3 is 4.98 Å². The zero-order valence-electron chi connectivity index (χ0n) is 14.4. The number of rotatable bonds is 3. The molecule has 2 aliphatic rings. The zero-order valence-corrected chi connectivity index (χ0v) is 14.4. The van der Waals surface area contributed by atoms with Crippen molar-refractivity contribution >= 4 is 5.71 Å².